The zero-order valence-corrected chi connectivity index (χ0v) is 13.6. The third-order valence-corrected chi connectivity index (χ3v) is 4.39. The van der Waals surface area contributed by atoms with Crippen molar-refractivity contribution in [3.05, 3.63) is 57.6 Å². The average Bonchev–Trinajstić information content (AvgIpc) is 2.53. The molecule has 1 heterocycles. The van der Waals surface area contributed by atoms with Crippen LogP contribution in [0.5, 0.6) is 0 Å². The van der Waals surface area contributed by atoms with Gasteiger partial charge in [-0.3, -0.25) is 0 Å². The van der Waals surface area contributed by atoms with Crippen molar-refractivity contribution in [1.82, 2.24) is 0 Å². The first kappa shape index (κ1) is 16.9. The zero-order valence-electron chi connectivity index (χ0n) is 12.1. The van der Waals surface area contributed by atoms with Crippen molar-refractivity contribution >= 4 is 40.3 Å². The first-order valence-electron chi connectivity index (χ1n) is 6.96. The van der Waals surface area contributed by atoms with E-state index in [1.807, 2.05) is 0 Å². The van der Waals surface area contributed by atoms with E-state index < -0.39 is 16.8 Å². The van der Waals surface area contributed by atoms with Crippen LogP contribution in [-0.2, 0) is 6.18 Å². The molecule has 126 valence electrons. The molecule has 0 radical (unpaired) electrons. The lowest BCUT2D eigenvalue weighted by molar-refractivity contribution is -0.137. The fraction of sp³-hybridized carbons (Fsp3) is 0.188. The fourth-order valence-electron chi connectivity index (χ4n) is 2.70. The summed E-state index contributed by atoms with van der Waals surface area (Å²) in [5.41, 5.74) is 0.713. The number of halogens is 5. The van der Waals surface area contributed by atoms with Gasteiger partial charge in [-0.2, -0.15) is 13.2 Å². The van der Waals surface area contributed by atoms with Crippen LogP contribution in [0, 0.1) is 0 Å². The zero-order chi connectivity index (χ0) is 17.5. The first-order chi connectivity index (χ1) is 11.3. The monoisotopic (exact) mass is 374 g/mol. The molecule has 3 rings (SSSR count). The van der Waals surface area contributed by atoms with E-state index in [1.54, 1.807) is 29.2 Å². The van der Waals surface area contributed by atoms with E-state index in [0.717, 1.165) is 6.07 Å². The van der Waals surface area contributed by atoms with Gasteiger partial charge in [0.15, 0.2) is 0 Å². The Hall–Kier alpha value is -1.92. The average molecular weight is 375 g/mol. The van der Waals surface area contributed by atoms with Gasteiger partial charge in [-0.25, -0.2) is 0 Å². The van der Waals surface area contributed by atoms with E-state index in [4.69, 9.17) is 28.4 Å². The minimum atomic E-state index is -4.58. The molecule has 0 saturated carbocycles. The molecule has 1 N–H and O–H groups in total. The van der Waals surface area contributed by atoms with Crippen LogP contribution in [0.15, 0.2) is 41.6 Å². The summed E-state index contributed by atoms with van der Waals surface area (Å²) >= 11 is 11.7. The number of nitrogens with zero attached hydrogens (tertiary/aromatic N) is 2. The molecule has 2 aromatic rings. The lowest BCUT2D eigenvalue weighted by Gasteiger charge is -2.32. The van der Waals surface area contributed by atoms with Crippen LogP contribution in [0.25, 0.3) is 0 Å². The van der Waals surface area contributed by atoms with Crippen LogP contribution in [0.3, 0.4) is 0 Å². The number of anilines is 2. The van der Waals surface area contributed by atoms with Crippen molar-refractivity contribution in [2.45, 2.75) is 12.6 Å². The number of hydrogen-bond donors (Lipinski definition) is 1. The third-order valence-electron chi connectivity index (χ3n) is 3.82. The van der Waals surface area contributed by atoms with Gasteiger partial charge in [-0.05, 0) is 36.4 Å². The maximum atomic E-state index is 13.2. The van der Waals surface area contributed by atoms with Gasteiger partial charge in [0.1, 0.15) is 0 Å². The van der Waals surface area contributed by atoms with Crippen LogP contribution in [0.2, 0.25) is 10.0 Å². The number of fused-ring (bicyclic) bond motifs is 1. The van der Waals surface area contributed by atoms with Gasteiger partial charge in [-0.1, -0.05) is 28.4 Å². The van der Waals surface area contributed by atoms with E-state index in [1.165, 1.54) is 6.07 Å². The van der Waals surface area contributed by atoms with Gasteiger partial charge in [0.2, 0.25) is 0 Å². The highest BCUT2D eigenvalue weighted by molar-refractivity contribution is 6.32. The molecule has 0 aliphatic carbocycles. The smallest absolute Gasteiger partial charge is 0.411 e. The number of benzene rings is 2. The highest BCUT2D eigenvalue weighted by Gasteiger charge is 2.36. The Bertz CT molecular complexity index is 804. The van der Waals surface area contributed by atoms with Crippen molar-refractivity contribution in [1.29, 1.82) is 0 Å². The van der Waals surface area contributed by atoms with Crippen LogP contribution in [0.1, 0.15) is 17.5 Å². The second-order valence-corrected chi connectivity index (χ2v) is 6.12. The van der Waals surface area contributed by atoms with Crippen molar-refractivity contribution in [2.24, 2.45) is 5.16 Å². The van der Waals surface area contributed by atoms with Crippen molar-refractivity contribution < 1.29 is 18.4 Å². The fourth-order valence-corrected chi connectivity index (χ4v) is 3.10. The quantitative estimate of drug-likeness (QED) is 0.510. The topological polar surface area (TPSA) is 35.8 Å². The van der Waals surface area contributed by atoms with Crippen LogP contribution in [-0.4, -0.2) is 17.5 Å². The molecule has 0 atom stereocenters. The Kier molecular flexibility index (Phi) is 4.36. The second kappa shape index (κ2) is 6.18. The molecule has 0 unspecified atom stereocenters. The molecule has 24 heavy (non-hydrogen) atoms. The van der Waals surface area contributed by atoms with Gasteiger partial charge in [0, 0.05) is 29.2 Å². The Morgan fingerprint density at radius 2 is 1.75 bits per heavy atom. The highest BCUT2D eigenvalue weighted by atomic mass is 35.5. The predicted octanol–water partition coefficient (Wildman–Crippen LogP) is 5.73. The minimum absolute atomic E-state index is 0.285. The van der Waals surface area contributed by atoms with Gasteiger partial charge in [0.05, 0.1) is 22.0 Å². The van der Waals surface area contributed by atoms with Crippen molar-refractivity contribution in [3.63, 3.8) is 0 Å². The molecule has 2 aromatic carbocycles. The summed E-state index contributed by atoms with van der Waals surface area (Å²) in [7, 11) is 0. The largest absolute Gasteiger partial charge is 0.417 e. The Labute approximate surface area is 145 Å². The lowest BCUT2D eigenvalue weighted by atomic mass is 9.96. The molecule has 0 fully saturated rings. The number of oxime groups is 1. The van der Waals surface area contributed by atoms with Gasteiger partial charge in [-0.15, -0.1) is 0 Å². The second-order valence-electron chi connectivity index (χ2n) is 5.27. The number of alkyl halides is 3. The van der Waals surface area contributed by atoms with Gasteiger partial charge < -0.3 is 10.1 Å². The van der Waals surface area contributed by atoms with E-state index in [0.29, 0.717) is 35.0 Å². The van der Waals surface area contributed by atoms with E-state index in [2.05, 4.69) is 5.16 Å². The Morgan fingerprint density at radius 1 is 1.08 bits per heavy atom. The van der Waals surface area contributed by atoms with Gasteiger partial charge in [0.25, 0.3) is 0 Å². The van der Waals surface area contributed by atoms with E-state index in [-0.39, 0.29) is 5.69 Å². The SMILES string of the molecule is O/N=C1\CCN(c2ccc(Cl)cc2)c2cc(C(F)(F)F)c(Cl)cc21. The summed E-state index contributed by atoms with van der Waals surface area (Å²) in [6, 6.07) is 8.93. The Balaban J connectivity index is 2.19. The highest BCUT2D eigenvalue weighted by Crippen LogP contribution is 2.42. The van der Waals surface area contributed by atoms with Crippen LogP contribution >= 0.6 is 23.2 Å². The summed E-state index contributed by atoms with van der Waals surface area (Å²) in [5.74, 6) is 0. The summed E-state index contributed by atoms with van der Waals surface area (Å²) in [6.45, 7) is 0.368. The van der Waals surface area contributed by atoms with Gasteiger partial charge >= 0.3 is 6.18 Å². The van der Waals surface area contributed by atoms with Crippen molar-refractivity contribution in [2.75, 3.05) is 11.4 Å². The molecule has 0 spiro atoms. The summed E-state index contributed by atoms with van der Waals surface area (Å²) in [5, 5.41) is 12.4. The summed E-state index contributed by atoms with van der Waals surface area (Å²) < 4.78 is 39.5. The Morgan fingerprint density at radius 3 is 2.33 bits per heavy atom. The number of rotatable bonds is 1. The minimum Gasteiger partial charge on any atom is -0.411 e. The third kappa shape index (κ3) is 3.03. The molecule has 3 nitrogen and oxygen atoms in total. The first-order valence-corrected chi connectivity index (χ1v) is 7.72. The summed E-state index contributed by atoms with van der Waals surface area (Å²) in [6.07, 6.45) is -4.21. The maximum Gasteiger partial charge on any atom is 0.417 e. The molecule has 0 saturated heterocycles. The molecule has 0 amide bonds. The summed E-state index contributed by atoms with van der Waals surface area (Å²) in [4.78, 5) is 1.71. The normalized spacial score (nSPS) is 16.4. The van der Waals surface area contributed by atoms with E-state index in [9.17, 15) is 13.2 Å². The lowest BCUT2D eigenvalue weighted by Crippen LogP contribution is -2.29. The molecule has 0 aromatic heterocycles. The molecule has 1 aliphatic rings. The van der Waals surface area contributed by atoms with Crippen LogP contribution in [0.4, 0.5) is 24.5 Å². The predicted molar refractivity (Wildman–Crippen MR) is 87.9 cm³/mol. The molecule has 8 heteroatoms. The molecular formula is C16H11Cl2F3N2O. The van der Waals surface area contributed by atoms with Crippen molar-refractivity contribution in [3.8, 4) is 0 Å². The maximum absolute atomic E-state index is 13.2. The standard InChI is InChI=1S/C16H11Cl2F3N2O/c17-9-1-3-10(4-2-9)23-6-5-14(22-24)11-7-13(18)12(8-15(11)23)16(19,20)21/h1-4,7-8,24H,5-6H2/b22-14+. The molecule has 0 bridgehead atoms. The molecular weight excluding hydrogens is 364 g/mol. The van der Waals surface area contributed by atoms with E-state index >= 15 is 0 Å². The van der Waals surface area contributed by atoms with Crippen LogP contribution < -0.4 is 4.90 Å². The molecule has 1 aliphatic heterocycles. The number of hydrogen-bond acceptors (Lipinski definition) is 3.